The van der Waals surface area contributed by atoms with Crippen molar-refractivity contribution in [1.82, 2.24) is 20.2 Å². The maximum atomic E-state index is 6.00. The van der Waals surface area contributed by atoms with Gasteiger partial charge in [0.1, 0.15) is 0 Å². The van der Waals surface area contributed by atoms with E-state index in [9.17, 15) is 0 Å². The van der Waals surface area contributed by atoms with E-state index in [1.54, 1.807) is 0 Å². The Labute approximate surface area is 112 Å². The molecule has 100 valence electrons. The molecule has 2 N–H and O–H groups in total. The second kappa shape index (κ2) is 4.33. The first-order chi connectivity index (χ1) is 9.06. The second-order valence-electron chi connectivity index (χ2n) is 5.68. The number of nitrogen functional groups attached to an aromatic ring is 1. The zero-order valence-electron chi connectivity index (χ0n) is 11.6. The number of aryl methyl sites for hydroxylation is 2. The van der Waals surface area contributed by atoms with Gasteiger partial charge in [0, 0.05) is 17.8 Å². The largest absolute Gasteiger partial charge is 0.398 e. The first-order valence-electron chi connectivity index (χ1n) is 6.69. The molecule has 0 bridgehead atoms. The fourth-order valence-corrected chi connectivity index (χ4v) is 2.51. The van der Waals surface area contributed by atoms with Crippen LogP contribution < -0.4 is 5.73 Å². The standard InChI is InChI=1S/C14H19N5/c1-8-5-11(8)7-19-14(16-17-18-19)12-6-13(15)10(3)4-9(12)2/h4,6,8,11H,5,7,15H2,1-3H3. The molecule has 1 aromatic carbocycles. The van der Waals surface area contributed by atoms with Crippen LogP contribution in [0.5, 0.6) is 0 Å². The third-order valence-corrected chi connectivity index (χ3v) is 4.07. The van der Waals surface area contributed by atoms with Crippen LogP contribution >= 0.6 is 0 Å². The number of hydrogen-bond donors (Lipinski definition) is 1. The van der Waals surface area contributed by atoms with Crippen molar-refractivity contribution in [2.75, 3.05) is 5.73 Å². The second-order valence-corrected chi connectivity index (χ2v) is 5.68. The Morgan fingerprint density at radius 1 is 1.32 bits per heavy atom. The molecule has 2 unspecified atom stereocenters. The Bertz CT molecular complexity index is 616. The van der Waals surface area contributed by atoms with Gasteiger partial charge in [-0.1, -0.05) is 13.0 Å². The van der Waals surface area contributed by atoms with Crippen LogP contribution in [-0.4, -0.2) is 20.2 Å². The van der Waals surface area contributed by atoms with Crippen molar-refractivity contribution in [3.8, 4) is 11.4 Å². The summed E-state index contributed by atoms with van der Waals surface area (Å²) in [5.41, 5.74) is 10.1. The average Bonchev–Trinajstić information content (AvgIpc) is 2.87. The van der Waals surface area contributed by atoms with Crippen LogP contribution in [0, 0.1) is 25.7 Å². The molecular formula is C14H19N5. The molecule has 3 rings (SSSR count). The molecule has 1 aliphatic rings. The molecule has 0 aliphatic heterocycles. The summed E-state index contributed by atoms with van der Waals surface area (Å²) < 4.78 is 1.91. The number of anilines is 1. The molecule has 1 saturated carbocycles. The molecule has 2 atom stereocenters. The highest BCUT2D eigenvalue weighted by atomic mass is 15.5. The van der Waals surface area contributed by atoms with Crippen molar-refractivity contribution in [3.05, 3.63) is 23.3 Å². The SMILES string of the molecule is Cc1cc(C)c(-c2nnnn2CC2CC2C)cc1N. The van der Waals surface area contributed by atoms with Gasteiger partial charge in [-0.25, -0.2) is 4.68 Å². The Balaban J connectivity index is 1.98. The van der Waals surface area contributed by atoms with Gasteiger partial charge in [-0.15, -0.1) is 5.10 Å². The predicted molar refractivity (Wildman–Crippen MR) is 74.4 cm³/mol. The zero-order valence-corrected chi connectivity index (χ0v) is 11.6. The van der Waals surface area contributed by atoms with Gasteiger partial charge in [0.05, 0.1) is 0 Å². The average molecular weight is 257 g/mol. The number of tetrazole rings is 1. The van der Waals surface area contributed by atoms with E-state index in [1.165, 1.54) is 6.42 Å². The molecule has 1 aromatic heterocycles. The summed E-state index contributed by atoms with van der Waals surface area (Å²) >= 11 is 0. The Morgan fingerprint density at radius 2 is 2.05 bits per heavy atom. The molecule has 0 radical (unpaired) electrons. The van der Waals surface area contributed by atoms with Crippen molar-refractivity contribution in [2.45, 2.75) is 33.7 Å². The normalized spacial score (nSPS) is 21.6. The van der Waals surface area contributed by atoms with Gasteiger partial charge in [-0.05, 0) is 59.7 Å². The van der Waals surface area contributed by atoms with Crippen LogP contribution in [0.2, 0.25) is 0 Å². The van der Waals surface area contributed by atoms with Crippen LogP contribution in [0.1, 0.15) is 24.5 Å². The first kappa shape index (κ1) is 12.1. The van der Waals surface area contributed by atoms with Crippen LogP contribution in [0.15, 0.2) is 12.1 Å². The molecule has 0 saturated heterocycles. The third kappa shape index (κ3) is 2.20. The molecule has 0 amide bonds. The minimum absolute atomic E-state index is 0.713. The summed E-state index contributed by atoms with van der Waals surface area (Å²) in [5.74, 6) is 2.33. The van der Waals surface area contributed by atoms with Gasteiger partial charge in [0.15, 0.2) is 5.82 Å². The third-order valence-electron chi connectivity index (χ3n) is 4.07. The van der Waals surface area contributed by atoms with Gasteiger partial charge in [-0.3, -0.25) is 0 Å². The van der Waals surface area contributed by atoms with Crippen molar-refractivity contribution < 1.29 is 0 Å². The van der Waals surface area contributed by atoms with Gasteiger partial charge in [0.25, 0.3) is 0 Å². The van der Waals surface area contributed by atoms with Crippen molar-refractivity contribution >= 4 is 5.69 Å². The molecule has 0 spiro atoms. The minimum atomic E-state index is 0.713. The van der Waals surface area contributed by atoms with E-state index < -0.39 is 0 Å². The predicted octanol–water partition coefficient (Wildman–Crippen LogP) is 2.20. The molecule has 5 heteroatoms. The number of nitrogens with two attached hydrogens (primary N) is 1. The van der Waals surface area contributed by atoms with Crippen LogP contribution in [0.4, 0.5) is 5.69 Å². The zero-order chi connectivity index (χ0) is 13.6. The summed E-state index contributed by atoms with van der Waals surface area (Å²) in [4.78, 5) is 0. The van der Waals surface area contributed by atoms with E-state index >= 15 is 0 Å². The summed E-state index contributed by atoms with van der Waals surface area (Å²) in [5, 5.41) is 12.1. The van der Waals surface area contributed by atoms with E-state index in [2.05, 4.69) is 35.4 Å². The van der Waals surface area contributed by atoms with E-state index in [0.29, 0.717) is 5.92 Å². The van der Waals surface area contributed by atoms with Crippen molar-refractivity contribution in [2.24, 2.45) is 11.8 Å². The summed E-state index contributed by atoms with van der Waals surface area (Å²) in [6.45, 7) is 7.25. The molecule has 2 aromatic rings. The fraction of sp³-hybridized carbons (Fsp3) is 0.500. The number of nitrogens with zero attached hydrogens (tertiary/aromatic N) is 4. The van der Waals surface area contributed by atoms with Crippen LogP contribution in [-0.2, 0) is 6.54 Å². The lowest BCUT2D eigenvalue weighted by Crippen LogP contribution is -2.06. The molecule has 19 heavy (non-hydrogen) atoms. The van der Waals surface area contributed by atoms with Crippen LogP contribution in [0.25, 0.3) is 11.4 Å². The number of benzene rings is 1. The number of aromatic nitrogens is 4. The van der Waals surface area contributed by atoms with Gasteiger partial charge < -0.3 is 5.73 Å². The van der Waals surface area contributed by atoms with E-state index in [4.69, 9.17) is 5.73 Å². The Morgan fingerprint density at radius 3 is 2.74 bits per heavy atom. The minimum Gasteiger partial charge on any atom is -0.398 e. The summed E-state index contributed by atoms with van der Waals surface area (Å²) in [6, 6.07) is 4.06. The maximum absolute atomic E-state index is 6.00. The highest BCUT2D eigenvalue weighted by molar-refractivity contribution is 5.67. The van der Waals surface area contributed by atoms with Crippen molar-refractivity contribution in [3.63, 3.8) is 0 Å². The molecule has 1 aliphatic carbocycles. The highest BCUT2D eigenvalue weighted by Gasteiger charge is 2.33. The molecule has 5 nitrogen and oxygen atoms in total. The van der Waals surface area contributed by atoms with Crippen molar-refractivity contribution in [1.29, 1.82) is 0 Å². The molecule has 1 heterocycles. The summed E-state index contributed by atoms with van der Waals surface area (Å²) in [6.07, 6.45) is 1.27. The van der Waals surface area contributed by atoms with E-state index in [-0.39, 0.29) is 0 Å². The lowest BCUT2D eigenvalue weighted by Gasteiger charge is -2.09. The maximum Gasteiger partial charge on any atom is 0.182 e. The first-order valence-corrected chi connectivity index (χ1v) is 6.69. The van der Waals surface area contributed by atoms with Gasteiger partial charge in [0.2, 0.25) is 0 Å². The van der Waals surface area contributed by atoms with E-state index in [0.717, 1.165) is 40.7 Å². The highest BCUT2D eigenvalue weighted by Crippen LogP contribution is 2.39. The van der Waals surface area contributed by atoms with Gasteiger partial charge in [-0.2, -0.15) is 0 Å². The number of hydrogen-bond acceptors (Lipinski definition) is 4. The Kier molecular flexibility index (Phi) is 2.77. The van der Waals surface area contributed by atoms with Gasteiger partial charge >= 0.3 is 0 Å². The summed E-state index contributed by atoms with van der Waals surface area (Å²) in [7, 11) is 0. The smallest absolute Gasteiger partial charge is 0.182 e. The lowest BCUT2D eigenvalue weighted by atomic mass is 10.0. The quantitative estimate of drug-likeness (QED) is 0.856. The monoisotopic (exact) mass is 257 g/mol. The topological polar surface area (TPSA) is 69.6 Å². The Hall–Kier alpha value is -1.91. The molecule has 1 fully saturated rings. The van der Waals surface area contributed by atoms with Crippen LogP contribution in [0.3, 0.4) is 0 Å². The number of rotatable bonds is 3. The fourth-order valence-electron chi connectivity index (χ4n) is 2.51. The molecular weight excluding hydrogens is 238 g/mol. The van der Waals surface area contributed by atoms with E-state index in [1.807, 2.05) is 17.7 Å². The lowest BCUT2D eigenvalue weighted by molar-refractivity contribution is 0.528.